The lowest BCUT2D eigenvalue weighted by atomic mass is 9.86. The molecule has 1 unspecified atom stereocenters. The molecule has 1 aromatic rings. The summed E-state index contributed by atoms with van der Waals surface area (Å²) in [6, 6.07) is 8.09. The number of carbonyl (C=O) groups excluding carboxylic acids is 3. The lowest BCUT2D eigenvalue weighted by molar-refractivity contribution is -0.120. The number of hydrazine groups is 1. The highest BCUT2D eigenvalue weighted by Gasteiger charge is 2.58. The van der Waals surface area contributed by atoms with Gasteiger partial charge in [-0.15, -0.1) is 0 Å². The Balaban J connectivity index is 1.61. The van der Waals surface area contributed by atoms with Crippen LogP contribution in [0.5, 0.6) is 0 Å². The second-order valence-electron chi connectivity index (χ2n) is 9.22. The summed E-state index contributed by atoms with van der Waals surface area (Å²) in [4.78, 5) is 39.0. The first-order valence-electron chi connectivity index (χ1n) is 10.6. The maximum Gasteiger partial charge on any atom is 0.426 e. The number of ether oxygens (including phenoxy) is 1. The Morgan fingerprint density at radius 1 is 1.24 bits per heavy atom. The van der Waals surface area contributed by atoms with E-state index in [1.807, 2.05) is 30.3 Å². The molecule has 10 heteroatoms. The maximum absolute atomic E-state index is 13.4. The van der Waals surface area contributed by atoms with Gasteiger partial charge in [0.25, 0.3) is 11.8 Å². The predicted octanol–water partition coefficient (Wildman–Crippen LogP) is 3.54. The number of amides is 2. The van der Waals surface area contributed by atoms with Crippen LogP contribution in [0.1, 0.15) is 32.8 Å². The van der Waals surface area contributed by atoms with Crippen molar-refractivity contribution in [2.24, 2.45) is 5.92 Å². The zero-order chi connectivity index (χ0) is 24.0. The summed E-state index contributed by atoms with van der Waals surface area (Å²) in [5.41, 5.74) is 3.07. The largest absolute Gasteiger partial charge is 0.443 e. The lowest BCUT2D eigenvalue weighted by Crippen LogP contribution is -2.45. The molecule has 1 saturated carbocycles. The Labute approximate surface area is 194 Å². The van der Waals surface area contributed by atoms with Crippen molar-refractivity contribution in [1.82, 2.24) is 15.8 Å². The first kappa shape index (κ1) is 23.3. The van der Waals surface area contributed by atoms with Gasteiger partial charge in [-0.25, -0.2) is 19.0 Å². The number of halogens is 2. The quantitative estimate of drug-likeness (QED) is 0.675. The monoisotopic (exact) mass is 477 g/mol. The Morgan fingerprint density at radius 3 is 2.52 bits per heavy atom. The zero-order valence-electron chi connectivity index (χ0n) is 18.5. The molecule has 0 aromatic heterocycles. The van der Waals surface area contributed by atoms with Gasteiger partial charge in [0.1, 0.15) is 11.3 Å². The highest BCUT2D eigenvalue weighted by Crippen LogP contribution is 2.44. The van der Waals surface area contributed by atoms with Crippen LogP contribution in [0.3, 0.4) is 0 Å². The number of Topliss-reactive ketones (excluding diaryl/α,β-unsaturated/α-hetero) is 1. The topological polar surface area (TPSA) is 87.7 Å². The molecule has 1 aliphatic heterocycles. The maximum atomic E-state index is 13.4. The molecule has 2 amide bonds. The van der Waals surface area contributed by atoms with E-state index in [9.17, 15) is 23.2 Å². The third-order valence-electron chi connectivity index (χ3n) is 5.31. The molecule has 33 heavy (non-hydrogen) atoms. The fraction of sp³-hybridized carbons (Fsp3) is 0.435. The summed E-state index contributed by atoms with van der Waals surface area (Å²) in [7, 11) is 0. The van der Waals surface area contributed by atoms with Gasteiger partial charge >= 0.3 is 6.09 Å². The molecule has 2 atom stereocenters. The van der Waals surface area contributed by atoms with E-state index in [0.717, 1.165) is 5.56 Å². The zero-order valence-corrected chi connectivity index (χ0v) is 19.3. The molecule has 7 nitrogen and oxygen atoms in total. The van der Waals surface area contributed by atoms with Crippen LogP contribution >= 0.6 is 11.8 Å². The number of carbonyl (C=O) groups is 3. The van der Waals surface area contributed by atoms with Gasteiger partial charge in [-0.2, -0.15) is 0 Å². The third kappa shape index (κ3) is 5.21. The van der Waals surface area contributed by atoms with E-state index in [1.54, 1.807) is 26.8 Å². The fourth-order valence-electron chi connectivity index (χ4n) is 3.67. The summed E-state index contributed by atoms with van der Waals surface area (Å²) >= 11 is 1.19. The molecule has 0 radical (unpaired) electrons. The third-order valence-corrected chi connectivity index (χ3v) is 6.39. The van der Waals surface area contributed by atoms with E-state index in [2.05, 4.69) is 10.7 Å². The Bertz CT molecular complexity index is 1050. The average Bonchev–Trinajstić information content (AvgIpc) is 3.11. The van der Waals surface area contributed by atoms with Crippen LogP contribution in [0.2, 0.25) is 0 Å². The summed E-state index contributed by atoms with van der Waals surface area (Å²) in [6.07, 6.45) is 0.748. The molecule has 0 bridgehead atoms. The minimum atomic E-state index is -2.91. The van der Waals surface area contributed by atoms with E-state index in [4.69, 9.17) is 4.74 Å². The van der Waals surface area contributed by atoms with Crippen molar-refractivity contribution in [2.45, 2.75) is 51.2 Å². The van der Waals surface area contributed by atoms with Crippen molar-refractivity contribution in [1.29, 1.82) is 0 Å². The minimum absolute atomic E-state index is 0.169. The van der Waals surface area contributed by atoms with Gasteiger partial charge in [-0.1, -0.05) is 48.2 Å². The normalized spacial score (nSPS) is 23.6. The van der Waals surface area contributed by atoms with Crippen LogP contribution < -0.4 is 10.7 Å². The van der Waals surface area contributed by atoms with Crippen molar-refractivity contribution in [3.63, 3.8) is 0 Å². The van der Waals surface area contributed by atoms with Crippen LogP contribution in [-0.2, 0) is 20.7 Å². The number of hydrogen-bond acceptors (Lipinski definition) is 6. The SMILES string of the molecule is CC(C)(C)OC(=O)NN1CSC2=C1C(=O)C(Cc1ccccc1)C=C2C(=O)N[C@@H]1CC1(F)F. The van der Waals surface area contributed by atoms with E-state index < -0.39 is 41.9 Å². The molecule has 3 aliphatic rings. The van der Waals surface area contributed by atoms with Crippen molar-refractivity contribution >= 4 is 29.5 Å². The number of allylic oxidation sites excluding steroid dienone is 2. The summed E-state index contributed by atoms with van der Waals surface area (Å²) in [5.74, 6) is -4.33. The summed E-state index contributed by atoms with van der Waals surface area (Å²) in [5, 5.41) is 3.73. The van der Waals surface area contributed by atoms with Crippen LogP contribution in [0.15, 0.2) is 52.6 Å². The minimum Gasteiger partial charge on any atom is -0.443 e. The second kappa shape index (κ2) is 8.48. The van der Waals surface area contributed by atoms with Crippen molar-refractivity contribution in [2.75, 3.05) is 5.88 Å². The van der Waals surface area contributed by atoms with Gasteiger partial charge in [0.15, 0.2) is 5.78 Å². The van der Waals surface area contributed by atoms with Gasteiger partial charge in [0.2, 0.25) is 0 Å². The molecule has 0 saturated heterocycles. The van der Waals surface area contributed by atoms with Crippen LogP contribution in [0, 0.1) is 5.92 Å². The van der Waals surface area contributed by atoms with E-state index in [0.29, 0.717) is 11.3 Å². The molecule has 2 N–H and O–H groups in total. The standard InChI is InChI=1S/C23H25F2N3O4S/c1-22(2,3)32-21(31)27-28-12-33-19-15(20(30)26-16-11-23(16,24)25)10-14(18(29)17(19)28)9-13-7-5-4-6-8-13/h4-8,10,14,16H,9,11-12H2,1-3H3,(H,26,30)(H,27,31)/t14?,16-/m1/s1. The van der Waals surface area contributed by atoms with Crippen molar-refractivity contribution < 1.29 is 27.9 Å². The molecule has 0 spiro atoms. The second-order valence-corrected chi connectivity index (χ2v) is 10.2. The van der Waals surface area contributed by atoms with Crippen LogP contribution in [0.4, 0.5) is 13.6 Å². The Morgan fingerprint density at radius 2 is 1.91 bits per heavy atom. The molecule has 4 rings (SSSR count). The molecular weight excluding hydrogens is 452 g/mol. The van der Waals surface area contributed by atoms with Gasteiger partial charge in [-0.3, -0.25) is 14.6 Å². The molecular formula is C23H25F2N3O4S. The molecule has 1 heterocycles. The molecule has 176 valence electrons. The lowest BCUT2D eigenvalue weighted by Gasteiger charge is -2.28. The smallest absolute Gasteiger partial charge is 0.426 e. The van der Waals surface area contributed by atoms with Gasteiger partial charge < -0.3 is 10.1 Å². The first-order chi connectivity index (χ1) is 15.4. The van der Waals surface area contributed by atoms with Crippen LogP contribution in [-0.4, -0.2) is 46.2 Å². The highest BCUT2D eigenvalue weighted by atomic mass is 32.2. The number of ketones is 1. The van der Waals surface area contributed by atoms with Gasteiger partial charge in [0.05, 0.1) is 22.4 Å². The number of nitrogens with one attached hydrogen (secondary N) is 2. The van der Waals surface area contributed by atoms with E-state index in [1.165, 1.54) is 16.8 Å². The van der Waals surface area contributed by atoms with Crippen molar-refractivity contribution in [3.8, 4) is 0 Å². The van der Waals surface area contributed by atoms with E-state index in [-0.39, 0.29) is 22.9 Å². The Hall–Kier alpha value is -2.88. The average molecular weight is 478 g/mol. The van der Waals surface area contributed by atoms with Gasteiger partial charge in [-0.05, 0) is 32.8 Å². The molecule has 2 aliphatic carbocycles. The molecule has 1 aromatic carbocycles. The summed E-state index contributed by atoms with van der Waals surface area (Å²) < 4.78 is 32.1. The number of benzene rings is 1. The number of hydrogen-bond donors (Lipinski definition) is 2. The number of nitrogens with zero attached hydrogens (tertiary/aromatic N) is 1. The summed E-state index contributed by atoms with van der Waals surface area (Å²) in [6.45, 7) is 5.16. The fourth-order valence-corrected chi connectivity index (χ4v) is 4.78. The number of alkyl halides is 2. The van der Waals surface area contributed by atoms with Crippen LogP contribution in [0.25, 0.3) is 0 Å². The molecule has 1 fully saturated rings. The number of thioether (sulfide) groups is 1. The predicted molar refractivity (Wildman–Crippen MR) is 119 cm³/mol. The highest BCUT2D eigenvalue weighted by molar-refractivity contribution is 8.03. The first-order valence-corrected chi connectivity index (χ1v) is 11.6. The number of rotatable bonds is 5. The Kier molecular flexibility index (Phi) is 5.98. The van der Waals surface area contributed by atoms with Crippen molar-refractivity contribution in [3.05, 3.63) is 58.1 Å². The van der Waals surface area contributed by atoms with Gasteiger partial charge in [0, 0.05) is 12.3 Å². The van der Waals surface area contributed by atoms with E-state index >= 15 is 0 Å².